The zero-order chi connectivity index (χ0) is 25.3. The van der Waals surface area contributed by atoms with Crippen molar-refractivity contribution in [1.29, 1.82) is 0 Å². The fourth-order valence-corrected chi connectivity index (χ4v) is 5.24. The molecule has 0 saturated heterocycles. The molecule has 0 unspecified atom stereocenters. The van der Waals surface area contributed by atoms with Gasteiger partial charge in [-0.2, -0.15) is 6.20 Å². The van der Waals surface area contributed by atoms with Crippen molar-refractivity contribution < 1.29 is 0 Å². The molecule has 0 radical (unpaired) electrons. The van der Waals surface area contributed by atoms with Crippen LogP contribution in [0, 0.1) is 0 Å². The number of rotatable bonds is 4. The van der Waals surface area contributed by atoms with E-state index in [0.29, 0.717) is 0 Å². The van der Waals surface area contributed by atoms with E-state index in [-0.39, 0.29) is 0 Å². The summed E-state index contributed by atoms with van der Waals surface area (Å²) in [4.78, 5) is 14.4. The standard InChI is InChI=1S/C34H23N4/c1-3-12-27-25(10-1)33(24-17-18-31(37-22-24)30-14-5-6-20-36-30)26-11-2-4-13-28(26)34(27)32-16-7-15-29(38-32)23-9-8-19-35-21-23/h1-18,20-22H,19H2/q-1. The van der Waals surface area contributed by atoms with E-state index >= 15 is 0 Å². The van der Waals surface area contributed by atoms with E-state index < -0.39 is 0 Å². The average molecular weight is 488 g/mol. The van der Waals surface area contributed by atoms with Gasteiger partial charge in [0.2, 0.25) is 0 Å². The van der Waals surface area contributed by atoms with E-state index in [0.717, 1.165) is 56.8 Å². The third-order valence-electron chi connectivity index (χ3n) is 6.95. The van der Waals surface area contributed by atoms with E-state index in [1.165, 1.54) is 16.3 Å². The smallest absolute Gasteiger partial charge is 0.0886 e. The first-order valence-electron chi connectivity index (χ1n) is 12.7. The van der Waals surface area contributed by atoms with E-state index in [4.69, 9.17) is 9.97 Å². The molecule has 0 aliphatic carbocycles. The summed E-state index contributed by atoms with van der Waals surface area (Å²) in [6, 6.07) is 33.5. The molecule has 7 rings (SSSR count). The second-order valence-corrected chi connectivity index (χ2v) is 9.25. The Labute approximate surface area is 221 Å². The van der Waals surface area contributed by atoms with Gasteiger partial charge in [0, 0.05) is 23.5 Å². The second-order valence-electron chi connectivity index (χ2n) is 9.25. The number of nitrogens with zero attached hydrogens (tertiary/aromatic N) is 4. The number of benzene rings is 3. The quantitative estimate of drug-likeness (QED) is 0.234. The molecule has 0 bridgehead atoms. The first-order valence-corrected chi connectivity index (χ1v) is 12.7. The number of aromatic nitrogens is 3. The van der Waals surface area contributed by atoms with Crippen LogP contribution in [-0.4, -0.2) is 21.5 Å². The molecule has 0 saturated carbocycles. The van der Waals surface area contributed by atoms with Gasteiger partial charge >= 0.3 is 0 Å². The van der Waals surface area contributed by atoms with Crippen LogP contribution < -0.4 is 0 Å². The third kappa shape index (κ3) is 3.84. The van der Waals surface area contributed by atoms with Gasteiger partial charge in [-0.05, 0) is 63.0 Å². The minimum atomic E-state index is 0.720. The predicted octanol–water partition coefficient (Wildman–Crippen LogP) is 8.46. The molecule has 1 aliphatic heterocycles. The topological polar surface area (TPSA) is 52.8 Å². The van der Waals surface area contributed by atoms with Gasteiger partial charge in [-0.15, -0.1) is 12.6 Å². The lowest BCUT2D eigenvalue weighted by Gasteiger charge is -2.20. The summed E-state index contributed by atoms with van der Waals surface area (Å²) in [6.07, 6.45) is 9.83. The molecule has 38 heavy (non-hydrogen) atoms. The highest BCUT2D eigenvalue weighted by atomic mass is 14.8. The van der Waals surface area contributed by atoms with Crippen molar-refractivity contribution in [1.82, 2.24) is 15.0 Å². The summed E-state index contributed by atoms with van der Waals surface area (Å²) < 4.78 is 0. The number of pyridine rings is 3. The van der Waals surface area contributed by atoms with Crippen LogP contribution in [0.3, 0.4) is 0 Å². The lowest BCUT2D eigenvalue weighted by Crippen LogP contribution is -1.96. The molecule has 0 spiro atoms. The van der Waals surface area contributed by atoms with Gasteiger partial charge in [0.05, 0.1) is 22.8 Å². The van der Waals surface area contributed by atoms with Gasteiger partial charge < -0.3 is 5.32 Å². The van der Waals surface area contributed by atoms with Gasteiger partial charge in [-0.25, -0.2) is 4.98 Å². The molecule has 4 nitrogen and oxygen atoms in total. The van der Waals surface area contributed by atoms with Crippen molar-refractivity contribution in [2.24, 2.45) is 0 Å². The third-order valence-corrected chi connectivity index (χ3v) is 6.95. The summed E-state index contributed by atoms with van der Waals surface area (Å²) in [6.45, 7) is 0.720. The monoisotopic (exact) mass is 487 g/mol. The highest BCUT2D eigenvalue weighted by Crippen LogP contribution is 2.43. The Morgan fingerprint density at radius 1 is 0.553 bits per heavy atom. The van der Waals surface area contributed by atoms with E-state index in [9.17, 15) is 0 Å². The Kier molecular flexibility index (Phi) is 5.48. The summed E-state index contributed by atoms with van der Waals surface area (Å²) in [7, 11) is 0. The maximum atomic E-state index is 5.12. The fraction of sp³-hybridized carbons (Fsp3) is 0.0294. The van der Waals surface area contributed by atoms with Gasteiger partial charge in [0.15, 0.2) is 0 Å². The lowest BCUT2D eigenvalue weighted by molar-refractivity contribution is 1.25. The zero-order valence-corrected chi connectivity index (χ0v) is 20.6. The fourth-order valence-electron chi connectivity index (χ4n) is 5.24. The Morgan fingerprint density at radius 2 is 1.21 bits per heavy atom. The molecule has 0 atom stereocenters. The van der Waals surface area contributed by atoms with Crippen LogP contribution in [0.1, 0.15) is 5.69 Å². The highest BCUT2D eigenvalue weighted by molar-refractivity contribution is 6.21. The molecule has 4 heteroatoms. The SMILES string of the molecule is C1=CC(c2cccc(-c3c4ccccc4c(-c4ccc(-c5ccccn5)nc4)c4ccccc34)n2)=C[N-]C1. The van der Waals surface area contributed by atoms with Crippen molar-refractivity contribution in [3.63, 3.8) is 0 Å². The van der Waals surface area contributed by atoms with Crippen molar-refractivity contribution in [3.05, 3.63) is 139 Å². The molecule has 0 amide bonds. The van der Waals surface area contributed by atoms with Crippen LogP contribution >= 0.6 is 0 Å². The van der Waals surface area contributed by atoms with E-state index in [1.54, 1.807) is 6.20 Å². The number of fused-ring (bicyclic) bond motifs is 2. The summed E-state index contributed by atoms with van der Waals surface area (Å²) in [5, 5.41) is 9.09. The van der Waals surface area contributed by atoms with Crippen molar-refractivity contribution in [3.8, 4) is 33.8 Å². The van der Waals surface area contributed by atoms with Gasteiger partial charge in [0.25, 0.3) is 0 Å². The predicted molar refractivity (Wildman–Crippen MR) is 156 cm³/mol. The van der Waals surface area contributed by atoms with E-state index in [1.807, 2.05) is 36.7 Å². The number of hydrogen-bond donors (Lipinski definition) is 0. The van der Waals surface area contributed by atoms with Gasteiger partial charge in [-0.3, -0.25) is 9.97 Å². The molecule has 3 aromatic carbocycles. The summed E-state index contributed by atoms with van der Waals surface area (Å²) >= 11 is 0. The minimum absolute atomic E-state index is 0.720. The van der Waals surface area contributed by atoms with Crippen molar-refractivity contribution in [2.45, 2.75) is 0 Å². The van der Waals surface area contributed by atoms with Crippen LogP contribution in [0.4, 0.5) is 0 Å². The average Bonchev–Trinajstić information content (AvgIpc) is 3.01. The second kappa shape index (κ2) is 9.41. The van der Waals surface area contributed by atoms with Gasteiger partial charge in [-0.1, -0.05) is 72.8 Å². The normalized spacial score (nSPS) is 12.9. The van der Waals surface area contributed by atoms with Crippen molar-refractivity contribution in [2.75, 3.05) is 6.54 Å². The van der Waals surface area contributed by atoms with Crippen LogP contribution in [0.5, 0.6) is 0 Å². The summed E-state index contributed by atoms with van der Waals surface area (Å²) in [5.74, 6) is 0. The molecule has 3 aromatic heterocycles. The maximum absolute atomic E-state index is 5.12. The Morgan fingerprint density at radius 3 is 1.84 bits per heavy atom. The van der Waals surface area contributed by atoms with Crippen molar-refractivity contribution >= 4 is 27.1 Å². The molecule has 1 aliphatic rings. The van der Waals surface area contributed by atoms with Crippen LogP contribution in [-0.2, 0) is 0 Å². The molecule has 0 fully saturated rings. The molecular formula is C34H23N4-. The van der Waals surface area contributed by atoms with Crippen LogP contribution in [0.15, 0.2) is 128 Å². The Bertz CT molecular complexity index is 1800. The van der Waals surface area contributed by atoms with Crippen LogP contribution in [0.25, 0.3) is 66.2 Å². The van der Waals surface area contributed by atoms with Crippen LogP contribution in [0.2, 0.25) is 0 Å². The first-order chi connectivity index (χ1) is 18.9. The first kappa shape index (κ1) is 22.1. The summed E-state index contributed by atoms with van der Waals surface area (Å²) in [5.41, 5.74) is 8.01. The largest absolute Gasteiger partial charge is 0.687 e. The Hall–Kier alpha value is -5.09. The molecular weight excluding hydrogens is 464 g/mol. The van der Waals surface area contributed by atoms with Gasteiger partial charge in [0.1, 0.15) is 0 Å². The number of hydrogen-bond acceptors (Lipinski definition) is 3. The molecule has 0 N–H and O–H groups in total. The lowest BCUT2D eigenvalue weighted by atomic mass is 9.87. The number of allylic oxidation sites excluding steroid dienone is 2. The maximum Gasteiger partial charge on any atom is 0.0886 e. The van der Waals surface area contributed by atoms with E-state index in [2.05, 4.69) is 95.2 Å². The molecule has 180 valence electrons. The minimum Gasteiger partial charge on any atom is -0.687 e. The Balaban J connectivity index is 1.46. The highest BCUT2D eigenvalue weighted by Gasteiger charge is 2.18. The molecule has 6 aromatic rings. The zero-order valence-electron chi connectivity index (χ0n) is 20.6. The molecule has 4 heterocycles.